The number of amides is 2. The molecule has 2 saturated heterocycles. The van der Waals surface area contributed by atoms with Crippen LogP contribution in [0.25, 0.3) is 33.5 Å². The summed E-state index contributed by atoms with van der Waals surface area (Å²) in [5, 5.41) is 13.2. The molecule has 0 radical (unpaired) electrons. The highest BCUT2D eigenvalue weighted by Gasteiger charge is 2.35. The highest BCUT2D eigenvalue weighted by molar-refractivity contribution is 6.00. The molecule has 8 rings (SSSR count). The first-order valence-corrected chi connectivity index (χ1v) is 18.5. The molecule has 2 aromatic carbocycles. The Morgan fingerprint density at radius 1 is 1.00 bits per heavy atom. The van der Waals surface area contributed by atoms with Crippen molar-refractivity contribution in [3.63, 3.8) is 0 Å². The number of anilines is 1. The number of hydrogen-bond donors (Lipinski definition) is 1. The molecule has 54 heavy (non-hydrogen) atoms. The van der Waals surface area contributed by atoms with Gasteiger partial charge in [0.1, 0.15) is 34.9 Å². The lowest BCUT2D eigenvalue weighted by atomic mass is 9.99. The number of aromatic nitrogens is 5. The number of hydrogen-bond acceptors (Lipinski definition) is 9. The topological polar surface area (TPSA) is 143 Å². The number of nitrogens with one attached hydrogen (secondary N) is 1. The lowest BCUT2D eigenvalue weighted by Gasteiger charge is -2.40. The van der Waals surface area contributed by atoms with Gasteiger partial charge in [0.05, 0.1) is 30.9 Å². The zero-order chi connectivity index (χ0) is 37.7. The van der Waals surface area contributed by atoms with Gasteiger partial charge in [-0.05, 0) is 69.9 Å². The number of alkyl halides is 1. The van der Waals surface area contributed by atoms with Crippen molar-refractivity contribution >= 4 is 39.8 Å². The van der Waals surface area contributed by atoms with Crippen molar-refractivity contribution in [1.29, 1.82) is 5.26 Å². The van der Waals surface area contributed by atoms with Gasteiger partial charge in [0, 0.05) is 67.7 Å². The number of benzene rings is 2. The van der Waals surface area contributed by atoms with Gasteiger partial charge in [-0.3, -0.25) is 4.79 Å². The molecule has 1 aliphatic carbocycles. The summed E-state index contributed by atoms with van der Waals surface area (Å²) in [6.07, 6.45) is 2.12. The molecule has 2 amide bonds. The molecule has 3 fully saturated rings. The van der Waals surface area contributed by atoms with Crippen molar-refractivity contribution in [3.05, 3.63) is 66.1 Å². The molecule has 5 heterocycles. The van der Waals surface area contributed by atoms with Gasteiger partial charge in [-0.15, -0.1) is 0 Å². The second-order valence-electron chi connectivity index (χ2n) is 15.7. The largest absolute Gasteiger partial charge is 0.494 e. The summed E-state index contributed by atoms with van der Waals surface area (Å²) in [4.78, 5) is 43.8. The number of nitriles is 1. The van der Waals surface area contributed by atoms with Crippen molar-refractivity contribution in [1.82, 2.24) is 34.3 Å². The van der Waals surface area contributed by atoms with Crippen LogP contribution in [-0.2, 0) is 17.8 Å². The van der Waals surface area contributed by atoms with E-state index in [0.29, 0.717) is 29.3 Å². The molecule has 3 aliphatic rings. The third kappa shape index (κ3) is 7.14. The van der Waals surface area contributed by atoms with Gasteiger partial charge in [-0.2, -0.15) is 5.26 Å². The monoisotopic (exact) mass is 733 g/mol. The molecule has 2 aliphatic heterocycles. The van der Waals surface area contributed by atoms with Gasteiger partial charge in [0.2, 0.25) is 5.82 Å². The van der Waals surface area contributed by atoms with E-state index in [2.05, 4.69) is 53.6 Å². The molecule has 0 unspecified atom stereocenters. The van der Waals surface area contributed by atoms with E-state index in [1.807, 2.05) is 18.2 Å². The van der Waals surface area contributed by atoms with E-state index < -0.39 is 23.9 Å². The smallest absolute Gasteiger partial charge is 0.407 e. The summed E-state index contributed by atoms with van der Waals surface area (Å²) in [5.41, 5.74) is 3.12. The highest BCUT2D eigenvalue weighted by atomic mass is 19.1. The molecule has 3 aromatic heterocycles. The van der Waals surface area contributed by atoms with Crippen molar-refractivity contribution in [2.24, 2.45) is 11.8 Å². The predicted molar refractivity (Wildman–Crippen MR) is 201 cm³/mol. The number of carbonyl (C=O) groups excluding carboxylic acids is 2. The van der Waals surface area contributed by atoms with Crippen LogP contribution in [0.3, 0.4) is 0 Å². The van der Waals surface area contributed by atoms with E-state index in [4.69, 9.17) is 14.5 Å². The molecule has 280 valence electrons. The minimum absolute atomic E-state index is 0.0866. The van der Waals surface area contributed by atoms with E-state index in [1.165, 1.54) is 17.7 Å². The normalized spacial score (nSPS) is 19.1. The first kappa shape index (κ1) is 35.3. The molecule has 14 heteroatoms. The Balaban J connectivity index is 1.15. The molecule has 13 nitrogen and oxygen atoms in total. The minimum atomic E-state index is -1.32. The molecular formula is C40H44FN9O4. The van der Waals surface area contributed by atoms with Gasteiger partial charge >= 0.3 is 6.09 Å². The third-order valence-corrected chi connectivity index (χ3v) is 10.3. The summed E-state index contributed by atoms with van der Waals surface area (Å²) < 4.78 is 31.1. The van der Waals surface area contributed by atoms with E-state index in [0.717, 1.165) is 53.4 Å². The number of halogens is 1. The van der Waals surface area contributed by atoms with Gasteiger partial charge in [0.15, 0.2) is 5.82 Å². The van der Waals surface area contributed by atoms with E-state index >= 15 is 4.39 Å². The first-order valence-electron chi connectivity index (χ1n) is 18.5. The Kier molecular flexibility index (Phi) is 9.11. The Morgan fingerprint density at radius 2 is 1.78 bits per heavy atom. The van der Waals surface area contributed by atoms with Crippen molar-refractivity contribution in [2.45, 2.75) is 70.9 Å². The quantitative estimate of drug-likeness (QED) is 0.194. The highest BCUT2D eigenvalue weighted by Crippen LogP contribution is 2.39. The summed E-state index contributed by atoms with van der Waals surface area (Å²) >= 11 is 0. The number of piperidine rings is 1. The first-order chi connectivity index (χ1) is 26.0. The minimum Gasteiger partial charge on any atom is -0.494 e. The zero-order valence-electron chi connectivity index (χ0n) is 31.0. The number of likely N-dealkylation sites (tertiary alicyclic amines) is 1. The van der Waals surface area contributed by atoms with Crippen LogP contribution in [0.1, 0.15) is 56.2 Å². The second-order valence-corrected chi connectivity index (χ2v) is 15.7. The summed E-state index contributed by atoms with van der Waals surface area (Å²) in [6.45, 7) is 8.29. The fourth-order valence-electron chi connectivity index (χ4n) is 7.71. The van der Waals surface area contributed by atoms with Gasteiger partial charge in [0.25, 0.3) is 5.91 Å². The average Bonchev–Trinajstić information content (AvgIpc) is 3.77. The lowest BCUT2D eigenvalue weighted by molar-refractivity contribution is 0.0394. The Morgan fingerprint density at radius 3 is 2.52 bits per heavy atom. The molecule has 1 N–H and O–H groups in total. The molecular weight excluding hydrogens is 689 g/mol. The fraction of sp³-hybridized carbons (Fsp3) is 0.450. The molecule has 0 spiro atoms. The summed E-state index contributed by atoms with van der Waals surface area (Å²) in [5.74, 6) is 2.60. The SMILES string of the molecule is COc1cc(C(=O)N2C[C@@H](F)C[C@@H](NC(=O)OC(C)(C)C)C2)cc2nc(-c3cc4ccccc4n3CC3CC3)n(CC3CN(c4ccnc(C#N)n4)C3)c12. The standard InChI is InChI=1S/C40H44FN9O4/c1-40(2,3)54-39(52)44-29-16-28(41)22-48(23-29)38(51)27-13-30-36(33(15-27)53-4)50(21-25-18-47(19-25)35-11-12-43-34(17-42)46-35)37(45-30)32-14-26-7-5-6-8-31(26)49(32)20-24-9-10-24/h5-8,11-15,24-25,28-29H,9-10,16,18-23H2,1-4H3,(H,44,52)/t28-,29+/m0/s1. The van der Waals surface area contributed by atoms with Crippen molar-refractivity contribution < 1.29 is 23.5 Å². The van der Waals surface area contributed by atoms with Crippen LogP contribution in [0.2, 0.25) is 0 Å². The molecule has 0 bridgehead atoms. The van der Waals surface area contributed by atoms with Crippen LogP contribution in [0.15, 0.2) is 54.7 Å². The van der Waals surface area contributed by atoms with Gasteiger partial charge in [-0.25, -0.2) is 24.1 Å². The zero-order valence-corrected chi connectivity index (χ0v) is 31.0. The van der Waals surface area contributed by atoms with Crippen LogP contribution in [-0.4, -0.2) is 92.1 Å². The van der Waals surface area contributed by atoms with Gasteiger partial charge in [-0.1, -0.05) is 18.2 Å². The summed E-state index contributed by atoms with van der Waals surface area (Å²) in [7, 11) is 1.58. The van der Waals surface area contributed by atoms with Crippen LogP contribution in [0, 0.1) is 23.2 Å². The van der Waals surface area contributed by atoms with Crippen molar-refractivity contribution in [3.8, 4) is 23.3 Å². The van der Waals surface area contributed by atoms with E-state index in [9.17, 15) is 14.9 Å². The van der Waals surface area contributed by atoms with Crippen LogP contribution >= 0.6 is 0 Å². The number of carbonyl (C=O) groups is 2. The van der Waals surface area contributed by atoms with Crippen LogP contribution in [0.4, 0.5) is 15.0 Å². The maximum absolute atomic E-state index is 15.1. The van der Waals surface area contributed by atoms with Crippen molar-refractivity contribution in [2.75, 3.05) is 38.2 Å². The average molecular weight is 734 g/mol. The predicted octanol–water partition coefficient (Wildman–Crippen LogP) is 5.95. The number of alkyl carbamates (subject to hydrolysis) is 1. The Labute approximate surface area is 312 Å². The molecule has 2 atom stereocenters. The fourth-order valence-corrected chi connectivity index (χ4v) is 7.71. The maximum Gasteiger partial charge on any atom is 0.407 e. The Bertz CT molecular complexity index is 2280. The van der Waals surface area contributed by atoms with E-state index in [-0.39, 0.29) is 37.2 Å². The number of fused-ring (bicyclic) bond motifs is 2. The summed E-state index contributed by atoms with van der Waals surface area (Å²) in [6, 6.07) is 17.3. The number of imidazole rings is 1. The second kappa shape index (κ2) is 13.9. The lowest BCUT2D eigenvalue weighted by Crippen LogP contribution is -2.54. The molecule has 1 saturated carbocycles. The molecule has 5 aromatic rings. The van der Waals surface area contributed by atoms with Crippen LogP contribution in [0.5, 0.6) is 5.75 Å². The maximum atomic E-state index is 15.1. The van der Waals surface area contributed by atoms with Crippen LogP contribution < -0.4 is 15.0 Å². The number of ether oxygens (including phenoxy) is 2. The number of para-hydroxylation sites is 1. The van der Waals surface area contributed by atoms with E-state index in [1.54, 1.807) is 46.2 Å². The van der Waals surface area contributed by atoms with Gasteiger partial charge < -0.3 is 33.7 Å². The number of methoxy groups -OCH3 is 1. The number of nitrogens with zero attached hydrogens (tertiary/aromatic N) is 8. The number of rotatable bonds is 9. The Hall–Kier alpha value is -5.71. The third-order valence-electron chi connectivity index (χ3n) is 10.3.